The molecule has 2 aromatic rings. The van der Waals surface area contributed by atoms with E-state index in [0.29, 0.717) is 39.0 Å². The van der Waals surface area contributed by atoms with E-state index in [4.69, 9.17) is 9.47 Å². The van der Waals surface area contributed by atoms with Crippen molar-refractivity contribution in [1.82, 2.24) is 10.2 Å². The summed E-state index contributed by atoms with van der Waals surface area (Å²) in [6.07, 6.45) is 0.148. The van der Waals surface area contributed by atoms with Crippen molar-refractivity contribution in [3.63, 3.8) is 0 Å². The van der Waals surface area contributed by atoms with Crippen molar-refractivity contribution < 1.29 is 24.2 Å². The molecule has 30 heavy (non-hydrogen) atoms. The lowest BCUT2D eigenvalue weighted by molar-refractivity contribution is -0.171. The molecule has 0 atom stereocenters. The minimum absolute atomic E-state index is 0.153. The van der Waals surface area contributed by atoms with Crippen molar-refractivity contribution in [2.45, 2.75) is 31.7 Å². The third-order valence-corrected chi connectivity index (χ3v) is 5.19. The highest BCUT2D eigenvalue weighted by Crippen LogP contribution is 2.24. The number of amides is 1. The van der Waals surface area contributed by atoms with E-state index in [-0.39, 0.29) is 13.2 Å². The SMILES string of the molecule is O=C(NCCN1CCC(O)(C(=O)OCc2ccccc2)CC1)OCc1ccccc1. The van der Waals surface area contributed by atoms with Gasteiger partial charge in [-0.05, 0) is 24.0 Å². The van der Waals surface area contributed by atoms with Gasteiger partial charge in [0, 0.05) is 26.2 Å². The van der Waals surface area contributed by atoms with Gasteiger partial charge in [0.15, 0.2) is 5.60 Å². The second-order valence-corrected chi connectivity index (χ2v) is 7.42. The first-order valence-corrected chi connectivity index (χ1v) is 10.2. The normalized spacial score (nSPS) is 15.9. The molecule has 0 aromatic heterocycles. The summed E-state index contributed by atoms with van der Waals surface area (Å²) in [4.78, 5) is 26.2. The van der Waals surface area contributed by atoms with Gasteiger partial charge >= 0.3 is 12.1 Å². The third-order valence-electron chi connectivity index (χ3n) is 5.19. The zero-order chi connectivity index (χ0) is 21.2. The average molecular weight is 412 g/mol. The van der Waals surface area contributed by atoms with Crippen LogP contribution in [0.1, 0.15) is 24.0 Å². The predicted octanol–water partition coefficient (Wildman–Crippen LogP) is 2.48. The zero-order valence-electron chi connectivity index (χ0n) is 17.0. The van der Waals surface area contributed by atoms with Crippen LogP contribution in [0.25, 0.3) is 0 Å². The maximum Gasteiger partial charge on any atom is 0.407 e. The Labute approximate surface area is 176 Å². The Morgan fingerprint density at radius 1 is 0.900 bits per heavy atom. The maximum atomic E-state index is 12.3. The number of hydrogen-bond donors (Lipinski definition) is 2. The number of likely N-dealkylation sites (tertiary alicyclic amines) is 1. The second kappa shape index (κ2) is 10.8. The van der Waals surface area contributed by atoms with Gasteiger partial charge in [-0.25, -0.2) is 9.59 Å². The van der Waals surface area contributed by atoms with Crippen molar-refractivity contribution >= 4 is 12.1 Å². The van der Waals surface area contributed by atoms with Gasteiger partial charge in [-0.3, -0.25) is 0 Å². The number of aliphatic hydroxyl groups is 1. The van der Waals surface area contributed by atoms with Crippen LogP contribution in [0, 0.1) is 0 Å². The fourth-order valence-electron chi connectivity index (χ4n) is 3.30. The topological polar surface area (TPSA) is 88.1 Å². The molecular formula is C23H28N2O5. The summed E-state index contributed by atoms with van der Waals surface area (Å²) >= 11 is 0. The van der Waals surface area contributed by atoms with Gasteiger partial charge < -0.3 is 24.8 Å². The summed E-state index contributed by atoms with van der Waals surface area (Å²) in [5.41, 5.74) is 0.368. The molecule has 3 rings (SSSR count). The molecule has 0 bridgehead atoms. The molecule has 1 heterocycles. The number of piperidine rings is 1. The first-order valence-electron chi connectivity index (χ1n) is 10.2. The molecule has 2 N–H and O–H groups in total. The number of benzene rings is 2. The molecule has 1 saturated heterocycles. The first kappa shape index (κ1) is 21.8. The number of rotatable bonds is 8. The highest BCUT2D eigenvalue weighted by atomic mass is 16.6. The lowest BCUT2D eigenvalue weighted by Crippen LogP contribution is -2.51. The monoisotopic (exact) mass is 412 g/mol. The van der Waals surface area contributed by atoms with E-state index >= 15 is 0 Å². The van der Waals surface area contributed by atoms with Crippen LogP contribution in [0.5, 0.6) is 0 Å². The largest absolute Gasteiger partial charge is 0.459 e. The highest BCUT2D eigenvalue weighted by Gasteiger charge is 2.40. The van der Waals surface area contributed by atoms with E-state index in [1.165, 1.54) is 0 Å². The molecule has 1 fully saturated rings. The Bertz CT molecular complexity index is 805. The van der Waals surface area contributed by atoms with Crippen LogP contribution >= 0.6 is 0 Å². The number of esters is 1. The molecule has 0 saturated carbocycles. The van der Waals surface area contributed by atoms with Gasteiger partial charge in [-0.15, -0.1) is 0 Å². The van der Waals surface area contributed by atoms with Gasteiger partial charge in [0.25, 0.3) is 0 Å². The smallest absolute Gasteiger partial charge is 0.407 e. The van der Waals surface area contributed by atoms with E-state index in [2.05, 4.69) is 10.2 Å². The van der Waals surface area contributed by atoms with E-state index in [0.717, 1.165) is 11.1 Å². The lowest BCUT2D eigenvalue weighted by atomic mass is 9.91. The zero-order valence-corrected chi connectivity index (χ0v) is 17.0. The molecule has 0 unspecified atom stereocenters. The van der Waals surface area contributed by atoms with Crippen LogP contribution in [0.15, 0.2) is 60.7 Å². The summed E-state index contributed by atoms with van der Waals surface area (Å²) in [5, 5.41) is 13.4. The summed E-state index contributed by atoms with van der Waals surface area (Å²) in [6, 6.07) is 18.9. The maximum absolute atomic E-state index is 12.3. The Balaban J connectivity index is 1.31. The van der Waals surface area contributed by atoms with E-state index in [1.54, 1.807) is 0 Å². The summed E-state index contributed by atoms with van der Waals surface area (Å²) in [5.74, 6) is -0.575. The second-order valence-electron chi connectivity index (χ2n) is 7.42. The lowest BCUT2D eigenvalue weighted by Gasteiger charge is -2.36. The number of carbonyl (C=O) groups is 2. The standard InChI is InChI=1S/C23H28N2O5/c26-21(29-17-19-7-3-1-4-8-19)23(28)11-14-25(15-12-23)16-13-24-22(27)30-18-20-9-5-2-6-10-20/h1-10,28H,11-18H2,(H,24,27). The summed E-state index contributed by atoms with van der Waals surface area (Å²) in [6.45, 7) is 2.55. The number of carbonyl (C=O) groups excluding carboxylic acids is 2. The Kier molecular flexibility index (Phi) is 7.82. The summed E-state index contributed by atoms with van der Waals surface area (Å²) in [7, 11) is 0. The average Bonchev–Trinajstić information content (AvgIpc) is 2.79. The van der Waals surface area contributed by atoms with Crippen molar-refractivity contribution in [1.29, 1.82) is 0 Å². The third kappa shape index (κ3) is 6.57. The molecule has 2 aromatic carbocycles. The molecule has 160 valence electrons. The van der Waals surface area contributed by atoms with Crippen molar-refractivity contribution in [2.24, 2.45) is 0 Å². The molecule has 0 aliphatic carbocycles. The number of ether oxygens (including phenoxy) is 2. The minimum atomic E-state index is -1.45. The molecule has 7 nitrogen and oxygen atoms in total. The molecule has 0 radical (unpaired) electrons. The Hall–Kier alpha value is -2.90. The molecule has 1 aliphatic heterocycles. The number of nitrogens with zero attached hydrogens (tertiary/aromatic N) is 1. The van der Waals surface area contributed by atoms with Crippen LogP contribution in [0.4, 0.5) is 4.79 Å². The van der Waals surface area contributed by atoms with E-state index in [9.17, 15) is 14.7 Å². The van der Waals surface area contributed by atoms with Crippen molar-refractivity contribution in [2.75, 3.05) is 26.2 Å². The highest BCUT2D eigenvalue weighted by molar-refractivity contribution is 5.79. The molecule has 0 spiro atoms. The summed E-state index contributed by atoms with van der Waals surface area (Å²) < 4.78 is 10.5. The van der Waals surface area contributed by atoms with Crippen molar-refractivity contribution in [3.05, 3.63) is 71.8 Å². The van der Waals surface area contributed by atoms with E-state index in [1.807, 2.05) is 60.7 Å². The molecule has 7 heteroatoms. The molecular weight excluding hydrogens is 384 g/mol. The van der Waals surface area contributed by atoms with Gasteiger partial charge in [-0.2, -0.15) is 0 Å². The fourth-order valence-corrected chi connectivity index (χ4v) is 3.30. The molecule has 1 amide bonds. The molecule has 1 aliphatic rings. The quantitative estimate of drug-likeness (QED) is 0.648. The first-order chi connectivity index (χ1) is 14.5. The minimum Gasteiger partial charge on any atom is -0.459 e. The van der Waals surface area contributed by atoms with Gasteiger partial charge in [0.2, 0.25) is 0 Å². The number of alkyl carbamates (subject to hydrolysis) is 1. The van der Waals surface area contributed by atoms with Crippen LogP contribution in [0.2, 0.25) is 0 Å². The van der Waals surface area contributed by atoms with Crippen LogP contribution in [0.3, 0.4) is 0 Å². The van der Waals surface area contributed by atoms with E-state index < -0.39 is 17.7 Å². The number of nitrogens with one attached hydrogen (secondary N) is 1. The van der Waals surface area contributed by atoms with Gasteiger partial charge in [-0.1, -0.05) is 60.7 Å². The fraction of sp³-hybridized carbons (Fsp3) is 0.391. The van der Waals surface area contributed by atoms with Crippen LogP contribution < -0.4 is 5.32 Å². The Morgan fingerprint density at radius 3 is 2.00 bits per heavy atom. The Morgan fingerprint density at radius 2 is 1.43 bits per heavy atom. The predicted molar refractivity (Wildman–Crippen MR) is 111 cm³/mol. The van der Waals surface area contributed by atoms with Crippen LogP contribution in [-0.2, 0) is 27.5 Å². The van der Waals surface area contributed by atoms with Crippen molar-refractivity contribution in [3.8, 4) is 0 Å². The van der Waals surface area contributed by atoms with Gasteiger partial charge in [0.05, 0.1) is 0 Å². The van der Waals surface area contributed by atoms with Crippen LogP contribution in [-0.4, -0.2) is 53.8 Å². The van der Waals surface area contributed by atoms with Gasteiger partial charge in [0.1, 0.15) is 13.2 Å². The number of hydrogen-bond acceptors (Lipinski definition) is 6.